The van der Waals surface area contributed by atoms with Crippen molar-refractivity contribution in [2.75, 3.05) is 20.8 Å². The summed E-state index contributed by atoms with van der Waals surface area (Å²) in [5.41, 5.74) is 3.60. The Balaban J connectivity index is 1.82. The van der Waals surface area contributed by atoms with E-state index in [1.807, 2.05) is 16.8 Å². The Hall–Kier alpha value is -2.93. The molecule has 0 N–H and O–H groups in total. The van der Waals surface area contributed by atoms with Gasteiger partial charge < -0.3 is 9.47 Å². The molecule has 30 heavy (non-hydrogen) atoms. The van der Waals surface area contributed by atoms with E-state index < -0.39 is 0 Å². The van der Waals surface area contributed by atoms with Crippen LogP contribution in [0.5, 0.6) is 11.5 Å². The molecule has 158 valence electrons. The van der Waals surface area contributed by atoms with Crippen molar-refractivity contribution in [2.45, 2.75) is 45.3 Å². The predicted molar refractivity (Wildman–Crippen MR) is 115 cm³/mol. The van der Waals surface area contributed by atoms with Crippen LogP contribution in [0.3, 0.4) is 0 Å². The van der Waals surface area contributed by atoms with Gasteiger partial charge in [-0.25, -0.2) is 4.68 Å². The number of tetrazole rings is 1. The first-order valence-electron chi connectivity index (χ1n) is 10.2. The molecule has 0 unspecified atom stereocenters. The Morgan fingerprint density at radius 2 is 1.70 bits per heavy atom. The second-order valence-corrected chi connectivity index (χ2v) is 8.63. The Bertz CT molecular complexity index is 1020. The van der Waals surface area contributed by atoms with Crippen molar-refractivity contribution in [1.82, 2.24) is 25.1 Å². The standard InChI is InChI=1S/C23H29N5O2/c1-23(2,3)28-22(24-25-26-28)21(17-10-11-19(29-4)20(14-17)30-5)27-13-12-16-8-6-7-9-18(16)15-27/h6-11,14,21H,12-13,15H2,1-5H3/t21-/m0/s1. The van der Waals surface area contributed by atoms with Crippen molar-refractivity contribution in [3.63, 3.8) is 0 Å². The highest BCUT2D eigenvalue weighted by Crippen LogP contribution is 2.37. The van der Waals surface area contributed by atoms with Crippen LogP contribution in [0.1, 0.15) is 49.3 Å². The number of rotatable bonds is 5. The molecule has 0 spiro atoms. The molecule has 1 aliphatic rings. The molecule has 0 fully saturated rings. The zero-order valence-corrected chi connectivity index (χ0v) is 18.3. The number of hydrogen-bond donors (Lipinski definition) is 0. The predicted octanol–water partition coefficient (Wildman–Crippen LogP) is 3.59. The zero-order valence-electron chi connectivity index (χ0n) is 18.3. The highest BCUT2D eigenvalue weighted by atomic mass is 16.5. The molecule has 0 bridgehead atoms. The van der Waals surface area contributed by atoms with Crippen LogP contribution in [0.15, 0.2) is 42.5 Å². The lowest BCUT2D eigenvalue weighted by Gasteiger charge is -2.36. The third-order valence-corrected chi connectivity index (χ3v) is 5.62. The summed E-state index contributed by atoms with van der Waals surface area (Å²) < 4.78 is 13.0. The van der Waals surface area contributed by atoms with Gasteiger partial charge in [0.1, 0.15) is 0 Å². The summed E-state index contributed by atoms with van der Waals surface area (Å²) in [6.45, 7) is 8.11. The Labute approximate surface area is 177 Å². The molecule has 3 aromatic rings. The van der Waals surface area contributed by atoms with Gasteiger partial charge in [0.2, 0.25) is 0 Å². The summed E-state index contributed by atoms with van der Waals surface area (Å²) in [6.07, 6.45) is 0.997. The van der Waals surface area contributed by atoms with E-state index in [4.69, 9.17) is 9.47 Å². The molecule has 4 rings (SSSR count). The maximum Gasteiger partial charge on any atom is 0.173 e. The van der Waals surface area contributed by atoms with Gasteiger partial charge in [0.05, 0.1) is 25.8 Å². The van der Waals surface area contributed by atoms with Gasteiger partial charge >= 0.3 is 0 Å². The summed E-state index contributed by atoms with van der Waals surface area (Å²) >= 11 is 0. The number of aromatic nitrogens is 4. The summed E-state index contributed by atoms with van der Waals surface area (Å²) in [7, 11) is 3.31. The van der Waals surface area contributed by atoms with Gasteiger partial charge in [-0.15, -0.1) is 5.10 Å². The average molecular weight is 408 g/mol. The van der Waals surface area contributed by atoms with Crippen LogP contribution >= 0.6 is 0 Å². The van der Waals surface area contributed by atoms with Gasteiger partial charge in [-0.1, -0.05) is 30.3 Å². The molecule has 1 atom stereocenters. The molecular weight excluding hydrogens is 378 g/mol. The van der Waals surface area contributed by atoms with Gasteiger partial charge in [-0.3, -0.25) is 4.90 Å². The van der Waals surface area contributed by atoms with E-state index >= 15 is 0 Å². The second kappa shape index (κ2) is 8.07. The first kappa shape index (κ1) is 20.3. The fourth-order valence-electron chi connectivity index (χ4n) is 4.13. The maximum absolute atomic E-state index is 5.58. The minimum absolute atomic E-state index is 0.104. The van der Waals surface area contributed by atoms with E-state index in [1.54, 1.807) is 14.2 Å². The van der Waals surface area contributed by atoms with E-state index in [1.165, 1.54) is 11.1 Å². The molecule has 0 saturated carbocycles. The van der Waals surface area contributed by atoms with Gasteiger partial charge in [0, 0.05) is 13.1 Å². The highest BCUT2D eigenvalue weighted by molar-refractivity contribution is 5.45. The van der Waals surface area contributed by atoms with Crippen LogP contribution in [0.25, 0.3) is 0 Å². The van der Waals surface area contributed by atoms with Gasteiger partial charge in [-0.2, -0.15) is 0 Å². The molecule has 2 heterocycles. The molecule has 1 aliphatic heterocycles. The van der Waals surface area contributed by atoms with Crippen molar-refractivity contribution < 1.29 is 9.47 Å². The number of methoxy groups -OCH3 is 2. The molecule has 7 heteroatoms. The van der Waals surface area contributed by atoms with Crippen LogP contribution in [0.2, 0.25) is 0 Å². The molecule has 2 aromatic carbocycles. The molecule has 0 amide bonds. The maximum atomic E-state index is 5.58. The Morgan fingerprint density at radius 1 is 0.967 bits per heavy atom. The molecule has 1 aromatic heterocycles. The van der Waals surface area contributed by atoms with E-state index in [0.29, 0.717) is 11.5 Å². The summed E-state index contributed by atoms with van der Waals surface area (Å²) in [6, 6.07) is 14.6. The Kier molecular flexibility index (Phi) is 5.47. The van der Waals surface area contributed by atoms with E-state index in [-0.39, 0.29) is 11.6 Å². The quantitative estimate of drug-likeness (QED) is 0.644. The largest absolute Gasteiger partial charge is 0.493 e. The number of ether oxygens (including phenoxy) is 2. The number of benzene rings is 2. The number of nitrogens with zero attached hydrogens (tertiary/aromatic N) is 5. The van der Waals surface area contributed by atoms with E-state index in [9.17, 15) is 0 Å². The molecule has 0 saturated heterocycles. The lowest BCUT2D eigenvalue weighted by molar-refractivity contribution is 0.185. The van der Waals surface area contributed by atoms with Crippen molar-refractivity contribution >= 4 is 0 Å². The van der Waals surface area contributed by atoms with Crippen LogP contribution in [-0.2, 0) is 18.5 Å². The number of fused-ring (bicyclic) bond motifs is 1. The van der Waals surface area contributed by atoms with Crippen molar-refractivity contribution in [3.05, 3.63) is 65.0 Å². The van der Waals surface area contributed by atoms with E-state index in [0.717, 1.165) is 30.9 Å². The third kappa shape index (κ3) is 3.77. The summed E-state index contributed by atoms with van der Waals surface area (Å²) in [5, 5.41) is 12.8. The molecule has 7 nitrogen and oxygen atoms in total. The second-order valence-electron chi connectivity index (χ2n) is 8.63. The normalized spacial score (nSPS) is 15.5. The van der Waals surface area contributed by atoms with Crippen LogP contribution in [0.4, 0.5) is 0 Å². The lowest BCUT2D eigenvalue weighted by atomic mass is 9.95. The topological polar surface area (TPSA) is 65.3 Å². The summed E-state index contributed by atoms with van der Waals surface area (Å²) in [4.78, 5) is 2.44. The minimum atomic E-state index is -0.235. The highest BCUT2D eigenvalue weighted by Gasteiger charge is 2.33. The smallest absolute Gasteiger partial charge is 0.173 e. The molecule has 0 aliphatic carbocycles. The van der Waals surface area contributed by atoms with E-state index in [2.05, 4.69) is 71.5 Å². The van der Waals surface area contributed by atoms with Crippen LogP contribution in [0, 0.1) is 0 Å². The Morgan fingerprint density at radius 3 is 2.40 bits per heavy atom. The first-order valence-corrected chi connectivity index (χ1v) is 10.2. The van der Waals surface area contributed by atoms with Crippen molar-refractivity contribution in [2.24, 2.45) is 0 Å². The minimum Gasteiger partial charge on any atom is -0.493 e. The lowest BCUT2D eigenvalue weighted by Crippen LogP contribution is -2.38. The van der Waals surface area contributed by atoms with Crippen molar-refractivity contribution in [1.29, 1.82) is 0 Å². The van der Waals surface area contributed by atoms with Gasteiger partial charge in [-0.05, 0) is 66.4 Å². The monoisotopic (exact) mass is 407 g/mol. The number of hydrogen-bond acceptors (Lipinski definition) is 6. The summed E-state index contributed by atoms with van der Waals surface area (Å²) in [5.74, 6) is 2.24. The van der Waals surface area contributed by atoms with Crippen molar-refractivity contribution in [3.8, 4) is 11.5 Å². The SMILES string of the molecule is COc1ccc([C@@H](c2nnnn2C(C)(C)C)N2CCc3ccccc3C2)cc1OC. The zero-order chi connectivity index (χ0) is 21.3. The van der Waals surface area contributed by atoms with Gasteiger partial charge in [0.15, 0.2) is 17.3 Å². The third-order valence-electron chi connectivity index (χ3n) is 5.62. The fourth-order valence-corrected chi connectivity index (χ4v) is 4.13. The van der Waals surface area contributed by atoms with Crippen LogP contribution < -0.4 is 9.47 Å². The molecule has 0 radical (unpaired) electrons. The first-order chi connectivity index (χ1) is 14.4. The van der Waals surface area contributed by atoms with Gasteiger partial charge in [0.25, 0.3) is 0 Å². The fraction of sp³-hybridized carbons (Fsp3) is 0.435. The average Bonchev–Trinajstić information content (AvgIpc) is 3.23. The van der Waals surface area contributed by atoms with Crippen LogP contribution in [-0.4, -0.2) is 45.9 Å². The molecular formula is C23H29N5O2.